The molecule has 0 saturated carbocycles. The molecule has 0 spiro atoms. The minimum absolute atomic E-state index is 0.0997. The number of hydrogen-bond acceptors (Lipinski definition) is 4. The van der Waals surface area contributed by atoms with Crippen LogP contribution in [0.15, 0.2) is 48.5 Å². The zero-order valence-corrected chi connectivity index (χ0v) is 15.3. The van der Waals surface area contributed by atoms with Crippen LogP contribution in [-0.4, -0.2) is 23.4 Å². The zero-order chi connectivity index (χ0) is 18.1. The van der Waals surface area contributed by atoms with Gasteiger partial charge < -0.3 is 19.2 Å². The Morgan fingerprint density at radius 1 is 0.960 bits per heavy atom. The fourth-order valence-corrected chi connectivity index (χ4v) is 2.72. The van der Waals surface area contributed by atoms with Crippen LogP contribution in [0.3, 0.4) is 0 Å². The third kappa shape index (κ3) is 3.74. The van der Waals surface area contributed by atoms with E-state index in [-0.39, 0.29) is 17.8 Å². The lowest BCUT2D eigenvalue weighted by Crippen LogP contribution is -2.41. The normalized spacial score (nSPS) is 18.4. The first-order valence-electron chi connectivity index (χ1n) is 8.58. The third-order valence-corrected chi connectivity index (χ3v) is 5.02. The van der Waals surface area contributed by atoms with Crippen LogP contribution in [0.5, 0.6) is 5.75 Å². The molecule has 0 amide bonds. The molecule has 0 radical (unpaired) electrons. The summed E-state index contributed by atoms with van der Waals surface area (Å²) in [6, 6.07) is 15.6. The minimum atomic E-state index is -0.446. The summed E-state index contributed by atoms with van der Waals surface area (Å²) in [7, 11) is -0.446. The standard InChI is InChI=1S/C20H25BO4/c1-19(2)20(3,4)25-21(24-19)17-10-11-18(16(12-17)13-22)23-14-15-8-6-5-7-9-15/h5-12,22H,13-14H2,1-4H3. The Morgan fingerprint density at radius 2 is 1.60 bits per heavy atom. The van der Waals surface area contributed by atoms with Crippen LogP contribution >= 0.6 is 0 Å². The quantitative estimate of drug-likeness (QED) is 0.850. The molecule has 0 bridgehead atoms. The Morgan fingerprint density at radius 3 is 2.20 bits per heavy atom. The van der Waals surface area contributed by atoms with Crippen LogP contribution in [0.4, 0.5) is 0 Å². The highest BCUT2D eigenvalue weighted by molar-refractivity contribution is 6.62. The molecular formula is C20H25BO4. The molecule has 0 aliphatic carbocycles. The second-order valence-electron chi connectivity index (χ2n) is 7.39. The lowest BCUT2D eigenvalue weighted by atomic mass is 9.78. The number of aliphatic hydroxyl groups excluding tert-OH is 1. The van der Waals surface area contributed by atoms with Gasteiger partial charge in [-0.1, -0.05) is 42.5 Å². The second kappa shape index (κ2) is 6.83. The van der Waals surface area contributed by atoms with Gasteiger partial charge >= 0.3 is 7.12 Å². The van der Waals surface area contributed by atoms with E-state index in [1.54, 1.807) is 0 Å². The smallest absolute Gasteiger partial charge is 0.489 e. The fraction of sp³-hybridized carbons (Fsp3) is 0.400. The van der Waals surface area contributed by atoms with E-state index in [4.69, 9.17) is 14.0 Å². The Labute approximate surface area is 149 Å². The van der Waals surface area contributed by atoms with Crippen LogP contribution in [0.25, 0.3) is 0 Å². The average molecular weight is 340 g/mol. The van der Waals surface area contributed by atoms with Gasteiger partial charge in [0.05, 0.1) is 17.8 Å². The monoisotopic (exact) mass is 340 g/mol. The Balaban J connectivity index is 1.76. The molecule has 3 rings (SSSR count). The predicted molar refractivity (Wildman–Crippen MR) is 98.9 cm³/mol. The Hall–Kier alpha value is -1.82. The summed E-state index contributed by atoms with van der Waals surface area (Å²) in [6.07, 6.45) is 0. The van der Waals surface area contributed by atoms with Crippen molar-refractivity contribution in [2.45, 2.75) is 52.1 Å². The van der Waals surface area contributed by atoms with Gasteiger partial charge in [0.1, 0.15) is 12.4 Å². The molecule has 0 unspecified atom stereocenters. The Bertz CT molecular complexity index is 712. The molecule has 1 aliphatic heterocycles. The van der Waals surface area contributed by atoms with E-state index in [0.29, 0.717) is 12.4 Å². The van der Waals surface area contributed by atoms with E-state index in [1.165, 1.54) is 0 Å². The summed E-state index contributed by atoms with van der Waals surface area (Å²) in [5, 5.41) is 9.73. The minimum Gasteiger partial charge on any atom is -0.489 e. The lowest BCUT2D eigenvalue weighted by Gasteiger charge is -2.32. The first-order valence-corrected chi connectivity index (χ1v) is 8.58. The summed E-state index contributed by atoms with van der Waals surface area (Å²) in [4.78, 5) is 0. The summed E-state index contributed by atoms with van der Waals surface area (Å²) in [6.45, 7) is 8.46. The van der Waals surface area contributed by atoms with Crippen LogP contribution in [0.1, 0.15) is 38.8 Å². The van der Waals surface area contributed by atoms with Crippen molar-refractivity contribution >= 4 is 12.6 Å². The van der Waals surface area contributed by atoms with Gasteiger partial charge in [0.2, 0.25) is 0 Å². The molecule has 1 N–H and O–H groups in total. The summed E-state index contributed by atoms with van der Waals surface area (Å²) in [5.41, 5.74) is 1.92. The molecule has 1 heterocycles. The van der Waals surface area contributed by atoms with Crippen LogP contribution in [0.2, 0.25) is 0 Å². The molecule has 2 aromatic rings. The largest absolute Gasteiger partial charge is 0.494 e. The van der Waals surface area contributed by atoms with Gasteiger partial charge in [-0.05, 0) is 44.8 Å². The highest BCUT2D eigenvalue weighted by Gasteiger charge is 2.51. The molecule has 0 aromatic heterocycles. The van der Waals surface area contributed by atoms with Gasteiger partial charge in [-0.25, -0.2) is 0 Å². The van der Waals surface area contributed by atoms with E-state index >= 15 is 0 Å². The maximum Gasteiger partial charge on any atom is 0.494 e. The van der Waals surface area contributed by atoms with E-state index in [0.717, 1.165) is 16.6 Å². The van der Waals surface area contributed by atoms with Crippen molar-refractivity contribution < 1.29 is 19.2 Å². The molecule has 1 fully saturated rings. The van der Waals surface area contributed by atoms with E-state index in [2.05, 4.69) is 0 Å². The number of hydrogen-bond donors (Lipinski definition) is 1. The van der Waals surface area contributed by atoms with Gasteiger partial charge in [-0.2, -0.15) is 0 Å². The van der Waals surface area contributed by atoms with Gasteiger partial charge in [0.25, 0.3) is 0 Å². The molecule has 5 heteroatoms. The van der Waals surface area contributed by atoms with Crippen molar-refractivity contribution in [3.63, 3.8) is 0 Å². The molecule has 0 atom stereocenters. The van der Waals surface area contributed by atoms with Gasteiger partial charge in [-0.3, -0.25) is 0 Å². The highest BCUT2D eigenvalue weighted by Crippen LogP contribution is 2.36. The highest BCUT2D eigenvalue weighted by atomic mass is 16.7. The summed E-state index contributed by atoms with van der Waals surface area (Å²) < 4.78 is 18.0. The third-order valence-electron chi connectivity index (χ3n) is 5.02. The van der Waals surface area contributed by atoms with Crippen molar-refractivity contribution in [1.29, 1.82) is 0 Å². The van der Waals surface area contributed by atoms with Crippen LogP contribution < -0.4 is 10.2 Å². The van der Waals surface area contributed by atoms with Crippen molar-refractivity contribution in [1.82, 2.24) is 0 Å². The molecule has 1 saturated heterocycles. The summed E-state index contributed by atoms with van der Waals surface area (Å²) >= 11 is 0. The number of rotatable bonds is 5. The maximum atomic E-state index is 9.73. The van der Waals surface area contributed by atoms with E-state index in [9.17, 15) is 5.11 Å². The van der Waals surface area contributed by atoms with Gasteiger partial charge in [0.15, 0.2) is 0 Å². The molecule has 2 aromatic carbocycles. The molecule has 4 nitrogen and oxygen atoms in total. The van der Waals surface area contributed by atoms with E-state index < -0.39 is 7.12 Å². The first-order chi connectivity index (χ1) is 11.8. The topological polar surface area (TPSA) is 47.9 Å². The SMILES string of the molecule is CC1(C)OB(c2ccc(OCc3ccccc3)c(CO)c2)OC1(C)C. The number of benzene rings is 2. The number of ether oxygens (including phenoxy) is 1. The predicted octanol–water partition coefficient (Wildman–Crippen LogP) is 3.06. The molecule has 1 aliphatic rings. The fourth-order valence-electron chi connectivity index (χ4n) is 2.72. The van der Waals surface area contributed by atoms with Crippen molar-refractivity contribution in [3.05, 3.63) is 59.7 Å². The molecule has 132 valence electrons. The van der Waals surface area contributed by atoms with Crippen LogP contribution in [0, 0.1) is 0 Å². The van der Waals surface area contributed by atoms with Gasteiger partial charge in [0, 0.05) is 5.56 Å². The lowest BCUT2D eigenvalue weighted by molar-refractivity contribution is 0.00578. The van der Waals surface area contributed by atoms with Crippen LogP contribution in [-0.2, 0) is 22.5 Å². The Kier molecular flexibility index (Phi) is 4.91. The van der Waals surface area contributed by atoms with Crippen molar-refractivity contribution in [2.24, 2.45) is 0 Å². The van der Waals surface area contributed by atoms with Crippen molar-refractivity contribution in [3.8, 4) is 5.75 Å². The molecule has 25 heavy (non-hydrogen) atoms. The average Bonchev–Trinajstić information content (AvgIpc) is 2.81. The summed E-state index contributed by atoms with van der Waals surface area (Å²) in [5.74, 6) is 0.673. The maximum absolute atomic E-state index is 9.73. The zero-order valence-electron chi connectivity index (χ0n) is 15.3. The molecular weight excluding hydrogens is 315 g/mol. The van der Waals surface area contributed by atoms with Crippen molar-refractivity contribution in [2.75, 3.05) is 0 Å². The van der Waals surface area contributed by atoms with Gasteiger partial charge in [-0.15, -0.1) is 0 Å². The van der Waals surface area contributed by atoms with E-state index in [1.807, 2.05) is 76.2 Å². The number of aliphatic hydroxyl groups is 1. The second-order valence-corrected chi connectivity index (χ2v) is 7.39. The first kappa shape index (κ1) is 18.0.